The predicted octanol–water partition coefficient (Wildman–Crippen LogP) is 4.46. The van der Waals surface area contributed by atoms with Crippen LogP contribution in [0.1, 0.15) is 19.4 Å². The monoisotopic (exact) mass is 562 g/mol. The van der Waals surface area contributed by atoms with Crippen molar-refractivity contribution in [1.29, 1.82) is 0 Å². The number of nitrogens with zero attached hydrogens (tertiary/aromatic N) is 1. The van der Waals surface area contributed by atoms with Crippen LogP contribution in [0.25, 0.3) is 6.08 Å². The second-order valence-corrected chi connectivity index (χ2v) is 8.88. The lowest BCUT2D eigenvalue weighted by Gasteiger charge is -2.13. The molecule has 2 aromatic carbocycles. The van der Waals surface area contributed by atoms with Gasteiger partial charge in [0.25, 0.3) is 11.1 Å². The topological polar surface area (TPSA) is 111 Å². The van der Waals surface area contributed by atoms with Crippen molar-refractivity contribution in [3.63, 3.8) is 0 Å². The molecule has 11 heteroatoms. The lowest BCUT2D eigenvalue weighted by molar-refractivity contribution is -0.145. The van der Waals surface area contributed by atoms with E-state index in [-0.39, 0.29) is 18.1 Å². The number of rotatable bonds is 10. The molecular formula is C24H23BrN2O7S. The van der Waals surface area contributed by atoms with Gasteiger partial charge in [-0.25, -0.2) is 4.79 Å². The van der Waals surface area contributed by atoms with Crippen molar-refractivity contribution in [3.8, 4) is 11.5 Å². The van der Waals surface area contributed by atoms with Gasteiger partial charge in [-0.05, 0) is 77.4 Å². The number of benzene rings is 2. The number of hydrogen-bond acceptors (Lipinski definition) is 8. The smallest absolute Gasteiger partial charge is 0.344 e. The third-order valence-corrected chi connectivity index (χ3v) is 6.14. The Kier molecular flexibility index (Phi) is 9.32. The molecule has 0 unspecified atom stereocenters. The largest absolute Gasteiger partial charge is 0.490 e. The minimum Gasteiger partial charge on any atom is -0.490 e. The molecule has 1 fully saturated rings. The van der Waals surface area contributed by atoms with E-state index in [1.165, 1.54) is 6.08 Å². The van der Waals surface area contributed by atoms with E-state index in [2.05, 4.69) is 21.2 Å². The van der Waals surface area contributed by atoms with Crippen molar-refractivity contribution in [2.75, 3.05) is 31.7 Å². The minimum absolute atomic E-state index is 0.173. The first-order valence-electron chi connectivity index (χ1n) is 10.7. The molecule has 1 heterocycles. The lowest BCUT2D eigenvalue weighted by atomic mass is 10.2. The van der Waals surface area contributed by atoms with E-state index in [1.807, 2.05) is 0 Å². The Morgan fingerprint density at radius 1 is 1.06 bits per heavy atom. The number of halogens is 1. The number of para-hydroxylation sites is 1. The van der Waals surface area contributed by atoms with Gasteiger partial charge in [0.05, 0.1) is 23.8 Å². The Morgan fingerprint density at radius 3 is 2.54 bits per heavy atom. The molecule has 1 aliphatic rings. The van der Waals surface area contributed by atoms with Gasteiger partial charge in [0, 0.05) is 4.47 Å². The number of carbonyl (C=O) groups excluding carboxylic acids is 4. The molecule has 184 valence electrons. The second kappa shape index (κ2) is 12.4. The molecule has 0 saturated carbocycles. The summed E-state index contributed by atoms with van der Waals surface area (Å²) in [6.45, 7) is 3.42. The van der Waals surface area contributed by atoms with Crippen molar-refractivity contribution in [2.24, 2.45) is 0 Å². The fourth-order valence-electron chi connectivity index (χ4n) is 3.02. The quantitative estimate of drug-likeness (QED) is 0.333. The molecule has 3 amide bonds. The zero-order valence-corrected chi connectivity index (χ0v) is 21.4. The Labute approximate surface area is 214 Å². The first-order chi connectivity index (χ1) is 16.8. The van der Waals surface area contributed by atoms with E-state index in [4.69, 9.17) is 14.2 Å². The summed E-state index contributed by atoms with van der Waals surface area (Å²) in [5.74, 6) is -0.854. The summed E-state index contributed by atoms with van der Waals surface area (Å²) in [4.78, 5) is 50.3. The lowest BCUT2D eigenvalue weighted by Crippen LogP contribution is -2.36. The molecule has 0 radical (unpaired) electrons. The summed E-state index contributed by atoms with van der Waals surface area (Å²) >= 11 is 4.08. The van der Waals surface area contributed by atoms with Crippen LogP contribution in [0.15, 0.2) is 51.8 Å². The summed E-state index contributed by atoms with van der Waals surface area (Å²) in [5, 5.41) is 2.14. The molecule has 35 heavy (non-hydrogen) atoms. The third kappa shape index (κ3) is 7.09. The normalized spacial score (nSPS) is 14.3. The van der Waals surface area contributed by atoms with Gasteiger partial charge in [0.2, 0.25) is 5.91 Å². The first-order valence-corrected chi connectivity index (χ1v) is 12.3. The number of esters is 1. The molecule has 1 aliphatic heterocycles. The van der Waals surface area contributed by atoms with Crippen LogP contribution in [-0.2, 0) is 19.1 Å². The summed E-state index contributed by atoms with van der Waals surface area (Å²) in [6.07, 6.45) is 1.54. The van der Waals surface area contributed by atoms with Crippen LogP contribution in [0.5, 0.6) is 11.5 Å². The van der Waals surface area contributed by atoms with E-state index in [9.17, 15) is 19.2 Å². The molecule has 1 saturated heterocycles. The highest BCUT2D eigenvalue weighted by atomic mass is 79.9. The predicted molar refractivity (Wildman–Crippen MR) is 135 cm³/mol. The van der Waals surface area contributed by atoms with Gasteiger partial charge in [0.15, 0.2) is 18.1 Å². The Balaban J connectivity index is 1.70. The van der Waals surface area contributed by atoms with E-state index in [0.29, 0.717) is 33.8 Å². The van der Waals surface area contributed by atoms with Gasteiger partial charge in [-0.1, -0.05) is 18.2 Å². The average molecular weight is 563 g/mol. The molecule has 3 rings (SSSR count). The highest BCUT2D eigenvalue weighted by Gasteiger charge is 2.36. The summed E-state index contributed by atoms with van der Waals surface area (Å²) in [6, 6.07) is 11.9. The van der Waals surface area contributed by atoms with Gasteiger partial charge in [-0.15, -0.1) is 0 Å². The zero-order chi connectivity index (χ0) is 25.4. The highest BCUT2D eigenvalue weighted by molar-refractivity contribution is 9.10. The fourth-order valence-corrected chi connectivity index (χ4v) is 4.25. The van der Waals surface area contributed by atoms with Crippen LogP contribution < -0.4 is 14.8 Å². The number of carbonyl (C=O) groups is 4. The summed E-state index contributed by atoms with van der Waals surface area (Å²) < 4.78 is 16.6. The number of ether oxygens (including phenoxy) is 3. The maximum Gasteiger partial charge on any atom is 0.344 e. The van der Waals surface area contributed by atoms with Gasteiger partial charge in [-0.2, -0.15) is 0 Å². The number of amides is 3. The SMILES string of the molecule is CCOC(=O)COc1ccc(/C=C2\SC(=O)N(CC(=O)Nc3ccccc3Br)C2=O)cc1OCC. The molecular weight excluding hydrogens is 540 g/mol. The van der Waals surface area contributed by atoms with Crippen molar-refractivity contribution in [2.45, 2.75) is 13.8 Å². The molecule has 0 spiro atoms. The molecule has 0 bridgehead atoms. The Hall–Kier alpha value is -3.31. The first kappa shape index (κ1) is 26.3. The molecule has 1 N–H and O–H groups in total. The van der Waals surface area contributed by atoms with Gasteiger partial charge in [0.1, 0.15) is 6.54 Å². The van der Waals surface area contributed by atoms with Crippen LogP contribution in [0.2, 0.25) is 0 Å². The molecule has 9 nitrogen and oxygen atoms in total. The fraction of sp³-hybridized carbons (Fsp3) is 0.250. The maximum atomic E-state index is 12.8. The summed E-state index contributed by atoms with van der Waals surface area (Å²) in [7, 11) is 0. The second-order valence-electron chi connectivity index (χ2n) is 7.03. The van der Waals surface area contributed by atoms with E-state index >= 15 is 0 Å². The van der Waals surface area contributed by atoms with E-state index in [1.54, 1.807) is 56.3 Å². The number of nitrogens with one attached hydrogen (secondary N) is 1. The van der Waals surface area contributed by atoms with Crippen LogP contribution in [0.3, 0.4) is 0 Å². The number of anilines is 1. The van der Waals surface area contributed by atoms with Gasteiger partial charge in [-0.3, -0.25) is 19.3 Å². The molecule has 0 aliphatic carbocycles. The molecule has 2 aromatic rings. The van der Waals surface area contributed by atoms with Crippen LogP contribution in [0, 0.1) is 0 Å². The number of thioether (sulfide) groups is 1. The average Bonchev–Trinajstić information content (AvgIpc) is 3.07. The Morgan fingerprint density at radius 2 is 1.83 bits per heavy atom. The maximum absolute atomic E-state index is 12.8. The Bertz CT molecular complexity index is 1170. The van der Waals surface area contributed by atoms with Crippen LogP contribution in [-0.4, -0.2) is 54.3 Å². The van der Waals surface area contributed by atoms with E-state index in [0.717, 1.165) is 16.7 Å². The van der Waals surface area contributed by atoms with Gasteiger partial charge >= 0.3 is 5.97 Å². The van der Waals surface area contributed by atoms with Crippen molar-refractivity contribution < 1.29 is 33.4 Å². The van der Waals surface area contributed by atoms with Crippen molar-refractivity contribution >= 4 is 62.5 Å². The zero-order valence-electron chi connectivity index (χ0n) is 19.0. The van der Waals surface area contributed by atoms with Crippen molar-refractivity contribution in [3.05, 3.63) is 57.4 Å². The third-order valence-electron chi connectivity index (χ3n) is 4.54. The van der Waals surface area contributed by atoms with E-state index < -0.39 is 29.6 Å². The van der Waals surface area contributed by atoms with Crippen molar-refractivity contribution in [1.82, 2.24) is 4.90 Å². The number of hydrogen-bond donors (Lipinski definition) is 1. The number of imide groups is 1. The minimum atomic E-state index is -0.567. The van der Waals surface area contributed by atoms with Gasteiger partial charge < -0.3 is 19.5 Å². The standard InChI is InChI=1S/C24H23BrN2O7S/c1-3-32-19-11-15(9-10-18(19)34-14-22(29)33-4-2)12-20-23(30)27(24(31)35-20)13-21(28)26-17-8-6-5-7-16(17)25/h5-12H,3-4,13-14H2,1-2H3,(H,26,28)/b20-12-. The highest BCUT2D eigenvalue weighted by Crippen LogP contribution is 2.34. The summed E-state index contributed by atoms with van der Waals surface area (Å²) in [5.41, 5.74) is 1.12. The molecule has 0 atom stereocenters. The molecule has 0 aromatic heterocycles. The van der Waals surface area contributed by atoms with Crippen LogP contribution in [0.4, 0.5) is 10.5 Å². The van der Waals surface area contributed by atoms with Crippen LogP contribution >= 0.6 is 27.7 Å².